The van der Waals surface area contributed by atoms with Crippen LogP contribution >= 0.6 is 0 Å². The minimum absolute atomic E-state index is 0.867. The Balaban J connectivity index is 2.12. The van der Waals surface area contributed by atoms with Crippen LogP contribution in [0.15, 0.2) is 24.3 Å². The van der Waals surface area contributed by atoms with Crippen molar-refractivity contribution in [2.45, 2.75) is 32.6 Å². The molecule has 0 bridgehead atoms. The second-order valence-corrected chi connectivity index (χ2v) is 3.92. The van der Waals surface area contributed by atoms with Crippen molar-refractivity contribution in [1.29, 1.82) is 0 Å². The van der Waals surface area contributed by atoms with Gasteiger partial charge in [-0.15, -0.1) is 0 Å². The summed E-state index contributed by atoms with van der Waals surface area (Å²) in [6, 6.07) is 8.25. The maximum absolute atomic E-state index is 5.52. The first-order valence-electron chi connectivity index (χ1n) is 6.07. The molecule has 0 fully saturated rings. The van der Waals surface area contributed by atoms with Gasteiger partial charge in [-0.05, 0) is 37.0 Å². The number of unbranched alkanes of at least 4 members (excludes halogenated alkanes) is 1. The highest BCUT2D eigenvalue weighted by molar-refractivity contribution is 5.27. The van der Waals surface area contributed by atoms with E-state index < -0.39 is 0 Å². The highest BCUT2D eigenvalue weighted by Gasteiger charge is 1.95. The number of hydrogen-bond acceptors (Lipinski definition) is 2. The van der Waals surface area contributed by atoms with Gasteiger partial charge in [0.25, 0.3) is 0 Å². The molecule has 0 heterocycles. The van der Waals surface area contributed by atoms with E-state index >= 15 is 0 Å². The van der Waals surface area contributed by atoms with Crippen molar-refractivity contribution < 1.29 is 9.47 Å². The third kappa shape index (κ3) is 5.17. The van der Waals surface area contributed by atoms with Gasteiger partial charge < -0.3 is 9.47 Å². The Morgan fingerprint density at radius 3 is 2.31 bits per heavy atom. The smallest absolute Gasteiger partial charge is 0.118 e. The molecule has 0 aliphatic rings. The highest BCUT2D eigenvalue weighted by Crippen LogP contribution is 2.12. The molecule has 0 saturated heterocycles. The lowest BCUT2D eigenvalue weighted by Gasteiger charge is -2.04. The van der Waals surface area contributed by atoms with Crippen LogP contribution in [0.25, 0.3) is 0 Å². The van der Waals surface area contributed by atoms with E-state index in [-0.39, 0.29) is 0 Å². The van der Waals surface area contributed by atoms with Gasteiger partial charge in [-0.3, -0.25) is 0 Å². The molecule has 0 spiro atoms. The summed E-state index contributed by atoms with van der Waals surface area (Å²) in [4.78, 5) is 0. The molecular weight excluding hydrogens is 200 g/mol. The van der Waals surface area contributed by atoms with Crippen LogP contribution in [-0.4, -0.2) is 20.3 Å². The average Bonchev–Trinajstić information content (AvgIpc) is 2.34. The van der Waals surface area contributed by atoms with Gasteiger partial charge in [0.05, 0.1) is 7.11 Å². The Kier molecular flexibility index (Phi) is 6.66. The summed E-state index contributed by atoms with van der Waals surface area (Å²) in [6.07, 6.45) is 4.55. The molecule has 16 heavy (non-hydrogen) atoms. The third-order valence-electron chi connectivity index (χ3n) is 2.56. The lowest BCUT2D eigenvalue weighted by atomic mass is 10.1. The van der Waals surface area contributed by atoms with E-state index in [9.17, 15) is 0 Å². The van der Waals surface area contributed by atoms with Crippen LogP contribution in [-0.2, 0) is 11.2 Å². The Labute approximate surface area is 98.6 Å². The maximum atomic E-state index is 5.52. The van der Waals surface area contributed by atoms with Crippen LogP contribution in [0.2, 0.25) is 0 Å². The van der Waals surface area contributed by atoms with E-state index in [0.717, 1.165) is 31.8 Å². The van der Waals surface area contributed by atoms with Crippen molar-refractivity contribution in [3.63, 3.8) is 0 Å². The summed E-state index contributed by atoms with van der Waals surface area (Å²) in [5.74, 6) is 0.919. The standard InChI is InChI=1S/C14H22O2/c1-3-4-11-16-12-5-6-13-7-9-14(15-2)10-8-13/h7-10H,3-6,11-12H2,1-2H3. The first-order valence-corrected chi connectivity index (χ1v) is 6.07. The molecular formula is C14H22O2. The summed E-state index contributed by atoms with van der Waals surface area (Å²) < 4.78 is 10.6. The molecule has 0 radical (unpaired) electrons. The van der Waals surface area contributed by atoms with E-state index in [2.05, 4.69) is 19.1 Å². The molecule has 1 aromatic carbocycles. The van der Waals surface area contributed by atoms with Crippen molar-refractivity contribution in [3.05, 3.63) is 29.8 Å². The third-order valence-corrected chi connectivity index (χ3v) is 2.56. The molecule has 1 rings (SSSR count). The monoisotopic (exact) mass is 222 g/mol. The van der Waals surface area contributed by atoms with Crippen molar-refractivity contribution >= 4 is 0 Å². The molecule has 0 aromatic heterocycles. The summed E-state index contributed by atoms with van der Waals surface area (Å²) >= 11 is 0. The van der Waals surface area contributed by atoms with Crippen molar-refractivity contribution in [2.24, 2.45) is 0 Å². The molecule has 0 saturated carbocycles. The van der Waals surface area contributed by atoms with Crippen molar-refractivity contribution in [3.8, 4) is 5.75 Å². The molecule has 2 nitrogen and oxygen atoms in total. The van der Waals surface area contributed by atoms with Crippen LogP contribution in [0, 0.1) is 0 Å². The van der Waals surface area contributed by atoms with Gasteiger partial charge >= 0.3 is 0 Å². The topological polar surface area (TPSA) is 18.5 Å². The number of ether oxygens (including phenoxy) is 2. The summed E-state index contributed by atoms with van der Waals surface area (Å²) in [7, 11) is 1.69. The van der Waals surface area contributed by atoms with Gasteiger partial charge in [-0.2, -0.15) is 0 Å². The molecule has 0 atom stereocenters. The largest absolute Gasteiger partial charge is 0.497 e. The van der Waals surface area contributed by atoms with Crippen LogP contribution in [0.4, 0.5) is 0 Å². The minimum atomic E-state index is 0.867. The molecule has 90 valence electrons. The SMILES string of the molecule is CCCCOCCCc1ccc(OC)cc1. The fourth-order valence-corrected chi connectivity index (χ4v) is 1.52. The second-order valence-electron chi connectivity index (χ2n) is 3.92. The van der Waals surface area contributed by atoms with E-state index in [4.69, 9.17) is 9.47 Å². The lowest BCUT2D eigenvalue weighted by molar-refractivity contribution is 0.129. The average molecular weight is 222 g/mol. The second kappa shape index (κ2) is 8.17. The van der Waals surface area contributed by atoms with Crippen LogP contribution < -0.4 is 4.74 Å². The molecule has 2 heteroatoms. The predicted molar refractivity (Wildman–Crippen MR) is 67.0 cm³/mol. The zero-order valence-electron chi connectivity index (χ0n) is 10.4. The van der Waals surface area contributed by atoms with E-state index in [0.29, 0.717) is 0 Å². The Hall–Kier alpha value is -1.02. The van der Waals surface area contributed by atoms with Crippen LogP contribution in [0.3, 0.4) is 0 Å². The zero-order chi connectivity index (χ0) is 11.6. The van der Waals surface area contributed by atoms with Gasteiger partial charge in [0.15, 0.2) is 0 Å². The van der Waals surface area contributed by atoms with Gasteiger partial charge in [0.1, 0.15) is 5.75 Å². The number of hydrogen-bond donors (Lipinski definition) is 0. The predicted octanol–water partition coefficient (Wildman–Crippen LogP) is 3.44. The van der Waals surface area contributed by atoms with Gasteiger partial charge in [-0.1, -0.05) is 25.5 Å². The summed E-state index contributed by atoms with van der Waals surface area (Å²) in [5, 5.41) is 0. The number of rotatable bonds is 8. The fraction of sp³-hybridized carbons (Fsp3) is 0.571. The number of aryl methyl sites for hydroxylation is 1. The van der Waals surface area contributed by atoms with Crippen molar-refractivity contribution in [2.75, 3.05) is 20.3 Å². The first kappa shape index (κ1) is 13.0. The normalized spacial score (nSPS) is 10.4. The first-order chi connectivity index (χ1) is 7.86. The Morgan fingerprint density at radius 1 is 1.00 bits per heavy atom. The maximum Gasteiger partial charge on any atom is 0.118 e. The van der Waals surface area contributed by atoms with E-state index in [1.54, 1.807) is 7.11 Å². The van der Waals surface area contributed by atoms with E-state index in [1.165, 1.54) is 18.4 Å². The zero-order valence-corrected chi connectivity index (χ0v) is 10.4. The highest BCUT2D eigenvalue weighted by atomic mass is 16.5. The molecule has 0 aliphatic heterocycles. The van der Waals surface area contributed by atoms with Crippen LogP contribution in [0.5, 0.6) is 5.75 Å². The Bertz CT molecular complexity index is 267. The van der Waals surface area contributed by atoms with Crippen LogP contribution in [0.1, 0.15) is 31.7 Å². The number of benzene rings is 1. The molecule has 0 aliphatic carbocycles. The molecule has 1 aromatic rings. The van der Waals surface area contributed by atoms with Gasteiger partial charge in [-0.25, -0.2) is 0 Å². The quantitative estimate of drug-likeness (QED) is 0.627. The molecule has 0 N–H and O–H groups in total. The Morgan fingerprint density at radius 2 is 1.69 bits per heavy atom. The number of methoxy groups -OCH3 is 1. The van der Waals surface area contributed by atoms with Crippen molar-refractivity contribution in [1.82, 2.24) is 0 Å². The van der Waals surface area contributed by atoms with E-state index in [1.807, 2.05) is 12.1 Å². The lowest BCUT2D eigenvalue weighted by Crippen LogP contribution is -1.98. The van der Waals surface area contributed by atoms with Gasteiger partial charge in [0.2, 0.25) is 0 Å². The molecule has 0 unspecified atom stereocenters. The van der Waals surface area contributed by atoms with Gasteiger partial charge in [0, 0.05) is 13.2 Å². The minimum Gasteiger partial charge on any atom is -0.497 e. The summed E-state index contributed by atoms with van der Waals surface area (Å²) in [6.45, 7) is 3.95. The fourth-order valence-electron chi connectivity index (χ4n) is 1.52. The summed E-state index contributed by atoms with van der Waals surface area (Å²) in [5.41, 5.74) is 1.35. The molecule has 0 amide bonds.